The number of fused-ring (bicyclic) bond motifs is 10. The molecule has 91 heavy (non-hydrogen) atoms. The number of ether oxygens (including phenoxy) is 1. The van der Waals surface area contributed by atoms with Crippen molar-refractivity contribution in [2.75, 3.05) is 24.5 Å². The molecule has 0 radical (unpaired) electrons. The van der Waals surface area contributed by atoms with Gasteiger partial charge in [-0.15, -0.1) is 0 Å². The number of hydrogen-bond acceptors (Lipinski definition) is 6. The molecule has 7 aliphatic heterocycles. The van der Waals surface area contributed by atoms with E-state index in [0.29, 0.717) is 0 Å². The van der Waals surface area contributed by atoms with E-state index in [1.807, 2.05) is 0 Å². The van der Waals surface area contributed by atoms with E-state index in [2.05, 4.69) is 326 Å². The summed E-state index contributed by atoms with van der Waals surface area (Å²) >= 11 is 0. The van der Waals surface area contributed by atoms with Crippen LogP contribution in [0.5, 0.6) is 11.5 Å². The van der Waals surface area contributed by atoms with Crippen LogP contribution in [0.25, 0.3) is 0 Å². The number of benzene rings is 11. The molecule has 0 bridgehead atoms. The molecule has 7 heterocycles. The predicted octanol–water partition coefficient (Wildman–Crippen LogP) is 15.8. The number of hydrogen-bond donors (Lipinski definition) is 0. The lowest BCUT2D eigenvalue weighted by atomic mass is 9.27. The zero-order valence-corrected chi connectivity index (χ0v) is 54.2. The Morgan fingerprint density at radius 1 is 0.242 bits per heavy atom. The van der Waals surface area contributed by atoms with Gasteiger partial charge in [0, 0.05) is 73.9 Å². The van der Waals surface area contributed by atoms with E-state index in [1.165, 1.54) is 123 Å². The van der Waals surface area contributed by atoms with Gasteiger partial charge in [-0.3, -0.25) is 0 Å². The summed E-state index contributed by atoms with van der Waals surface area (Å²) in [6.45, 7) is 27.8. The van der Waals surface area contributed by atoms with Crippen LogP contribution >= 0.6 is 0 Å². The molecule has 440 valence electrons. The Kier molecular flexibility index (Phi) is 11.1. The van der Waals surface area contributed by atoms with Crippen LogP contribution in [0.1, 0.15) is 105 Å². The number of anilines is 15. The molecule has 0 N–H and O–H groups in total. The number of para-hydroxylation sites is 4. The third-order valence-electron chi connectivity index (χ3n) is 20.9. The fourth-order valence-corrected chi connectivity index (χ4v) is 16.5. The molecule has 0 amide bonds. The van der Waals surface area contributed by atoms with Gasteiger partial charge in [0.1, 0.15) is 0 Å². The second kappa shape index (κ2) is 18.5. The SMILES string of the molecule is CC(C)(C)c1ccc2c(c1)B1c3cc4c(cc3N(c3ccccc3)c3cccc(c31)N2c1ccccc1)N(c1ccccc1)c1cc2c3c5c1B4c1cc(C(C)(C)C)cc4c1N5c1c(cc(C(C)(C)C)cc1B3c1cc(C(C)(C)C)ccc1N2c1ccccc1)O4. The molecule has 0 atom stereocenters. The Morgan fingerprint density at radius 2 is 0.571 bits per heavy atom. The van der Waals surface area contributed by atoms with Crippen LogP contribution < -0.4 is 78.4 Å². The molecule has 0 spiro atoms. The van der Waals surface area contributed by atoms with Crippen LogP contribution in [0.2, 0.25) is 0 Å². The molecule has 0 fully saturated rings. The van der Waals surface area contributed by atoms with Crippen molar-refractivity contribution in [1.82, 2.24) is 0 Å². The standard InChI is InChI=1S/C82H72B3N5O/c1-79(2,3)49-36-38-63-57(40-49)83-59-46-60-68(47-67(59)88(55-30-21-15-22-31-55)66-35-25-34-65(73(66)83)86(63)53-26-17-13-18-27-53)89(56-32-23-16-24-33-56)70-48-69-74-78-75(70)85(60)62-43-52(82(10,11)12)45-72-77(62)90(78)76-61(42-51(81(7,8)9)44-71(76)91-72)84(74)58-41-50(80(4,5)6)37-39-64(58)87(69)54-28-19-14-20-29-54/h13-48H,1-12H3. The average Bonchev–Trinajstić information content (AvgIpc) is 0.661. The Balaban J connectivity index is 1.01. The lowest BCUT2D eigenvalue weighted by Crippen LogP contribution is -2.70. The second-order valence-electron chi connectivity index (χ2n) is 30.6. The summed E-state index contributed by atoms with van der Waals surface area (Å²) in [5, 5.41) is 0. The minimum Gasteiger partial charge on any atom is -0.453 e. The van der Waals surface area contributed by atoms with Crippen LogP contribution in [-0.4, -0.2) is 20.1 Å². The Morgan fingerprint density at radius 3 is 0.967 bits per heavy atom. The van der Waals surface area contributed by atoms with Gasteiger partial charge in [-0.05, 0) is 190 Å². The summed E-state index contributed by atoms with van der Waals surface area (Å²) in [6.07, 6.45) is 0. The summed E-state index contributed by atoms with van der Waals surface area (Å²) in [6, 6.07) is 84.0. The minimum absolute atomic E-state index is 0.0966. The molecule has 9 heteroatoms. The lowest BCUT2D eigenvalue weighted by Gasteiger charge is -2.53. The minimum atomic E-state index is -0.205. The summed E-state index contributed by atoms with van der Waals surface area (Å²) in [7, 11) is 0. The molecule has 0 unspecified atom stereocenters. The van der Waals surface area contributed by atoms with E-state index < -0.39 is 0 Å². The van der Waals surface area contributed by atoms with Gasteiger partial charge in [-0.2, -0.15) is 0 Å². The summed E-state index contributed by atoms with van der Waals surface area (Å²) in [5.41, 5.74) is 34.0. The highest BCUT2D eigenvalue weighted by Gasteiger charge is 2.56. The average molecular weight is 1180 g/mol. The summed E-state index contributed by atoms with van der Waals surface area (Å²) < 4.78 is 7.74. The maximum atomic E-state index is 7.74. The first kappa shape index (κ1) is 54.4. The molecular weight excluding hydrogens is 1100 g/mol. The van der Waals surface area contributed by atoms with Gasteiger partial charge < -0.3 is 29.2 Å². The number of rotatable bonds is 4. The first-order valence-electron chi connectivity index (χ1n) is 32.8. The molecule has 11 aromatic carbocycles. The van der Waals surface area contributed by atoms with E-state index >= 15 is 0 Å². The molecule has 7 aliphatic rings. The molecule has 6 nitrogen and oxygen atoms in total. The largest absolute Gasteiger partial charge is 0.453 e. The van der Waals surface area contributed by atoms with Crippen molar-refractivity contribution >= 4 is 155 Å². The van der Waals surface area contributed by atoms with E-state index in [1.54, 1.807) is 0 Å². The Bertz CT molecular complexity index is 4940. The highest BCUT2D eigenvalue weighted by molar-refractivity contribution is 7.06. The Labute approximate surface area is 537 Å². The van der Waals surface area contributed by atoms with Crippen LogP contribution in [0.4, 0.5) is 85.3 Å². The maximum Gasteiger partial charge on any atom is 0.252 e. The van der Waals surface area contributed by atoms with Gasteiger partial charge in [0.05, 0.1) is 11.4 Å². The maximum absolute atomic E-state index is 7.74. The lowest BCUT2D eigenvalue weighted by molar-refractivity contribution is 0.470. The van der Waals surface area contributed by atoms with Gasteiger partial charge in [0.25, 0.3) is 20.1 Å². The molecule has 11 aromatic rings. The van der Waals surface area contributed by atoms with E-state index in [9.17, 15) is 0 Å². The quantitative estimate of drug-likeness (QED) is 0.163. The van der Waals surface area contributed by atoms with Crippen molar-refractivity contribution in [2.45, 2.75) is 105 Å². The second-order valence-corrected chi connectivity index (χ2v) is 30.6. The first-order chi connectivity index (χ1) is 43.7. The highest BCUT2D eigenvalue weighted by atomic mass is 16.5. The van der Waals surface area contributed by atoms with E-state index in [-0.39, 0.29) is 41.8 Å². The van der Waals surface area contributed by atoms with Crippen molar-refractivity contribution in [3.05, 3.63) is 241 Å². The molecule has 18 rings (SSSR count). The molecule has 0 saturated carbocycles. The smallest absolute Gasteiger partial charge is 0.252 e. The van der Waals surface area contributed by atoms with Gasteiger partial charge in [0.2, 0.25) is 0 Å². The van der Waals surface area contributed by atoms with Gasteiger partial charge in [-0.25, -0.2) is 0 Å². The van der Waals surface area contributed by atoms with Crippen LogP contribution in [0.3, 0.4) is 0 Å². The molecule has 0 saturated heterocycles. The van der Waals surface area contributed by atoms with Gasteiger partial charge in [-0.1, -0.05) is 204 Å². The van der Waals surface area contributed by atoms with Crippen LogP contribution in [0.15, 0.2) is 218 Å². The fourth-order valence-electron chi connectivity index (χ4n) is 16.5. The Hall–Kier alpha value is -9.59. The van der Waals surface area contributed by atoms with E-state index in [4.69, 9.17) is 4.74 Å². The molecule has 0 aromatic heterocycles. The molecule has 0 aliphatic carbocycles. The summed E-state index contributed by atoms with van der Waals surface area (Å²) in [5.74, 6) is 1.84. The fraction of sp³-hybridized carbons (Fsp3) is 0.195. The van der Waals surface area contributed by atoms with Crippen molar-refractivity contribution in [1.29, 1.82) is 0 Å². The predicted molar refractivity (Wildman–Crippen MR) is 389 cm³/mol. The normalized spacial score (nSPS) is 14.9. The zero-order chi connectivity index (χ0) is 62.1. The highest BCUT2D eigenvalue weighted by Crippen LogP contribution is 2.58. The summed E-state index contributed by atoms with van der Waals surface area (Å²) in [4.78, 5) is 13.1. The molecular formula is C82H72B3N5O. The van der Waals surface area contributed by atoms with Crippen LogP contribution in [-0.2, 0) is 21.7 Å². The topological polar surface area (TPSA) is 25.4 Å². The van der Waals surface area contributed by atoms with Gasteiger partial charge in [0.15, 0.2) is 11.5 Å². The number of nitrogens with zero attached hydrogens (tertiary/aromatic N) is 5. The van der Waals surface area contributed by atoms with Crippen molar-refractivity contribution < 1.29 is 4.74 Å². The zero-order valence-electron chi connectivity index (χ0n) is 54.2. The monoisotopic (exact) mass is 1180 g/mol. The third kappa shape index (κ3) is 7.64. The third-order valence-corrected chi connectivity index (χ3v) is 20.9. The van der Waals surface area contributed by atoms with Crippen molar-refractivity contribution in [3.8, 4) is 11.5 Å². The van der Waals surface area contributed by atoms with Crippen molar-refractivity contribution in [3.63, 3.8) is 0 Å². The van der Waals surface area contributed by atoms with Crippen LogP contribution in [0, 0.1) is 0 Å². The van der Waals surface area contributed by atoms with Gasteiger partial charge >= 0.3 is 0 Å². The first-order valence-corrected chi connectivity index (χ1v) is 32.8. The van der Waals surface area contributed by atoms with Crippen molar-refractivity contribution in [2.24, 2.45) is 0 Å². The van der Waals surface area contributed by atoms with E-state index in [0.717, 1.165) is 45.6 Å².